The molecule has 9 N–H and O–H groups in total. The molecular weight excluding hydrogens is 919 g/mol. The minimum atomic E-state index is -1.79. The lowest BCUT2D eigenvalue weighted by atomic mass is 9.97. The van der Waals surface area contributed by atoms with Gasteiger partial charge in [-0.15, -0.1) is 0 Å². The molecule has 2 saturated heterocycles. The Morgan fingerprint density at radius 2 is 0.875 bits per heavy atom. The maximum absolute atomic E-state index is 13.2. The van der Waals surface area contributed by atoms with E-state index >= 15 is 0 Å². The molecule has 12 atom stereocenters. The van der Waals surface area contributed by atoms with E-state index in [-0.39, 0.29) is 18.9 Å². The van der Waals surface area contributed by atoms with Crippen molar-refractivity contribution in [1.29, 1.82) is 0 Å². The van der Waals surface area contributed by atoms with Crippen molar-refractivity contribution < 1.29 is 64.6 Å². The van der Waals surface area contributed by atoms with Gasteiger partial charge in [-0.2, -0.15) is 0 Å². The molecule has 0 saturated carbocycles. The number of carbonyl (C=O) groups excluding carboxylic acids is 1. The van der Waals surface area contributed by atoms with Crippen molar-refractivity contribution in [2.75, 3.05) is 19.8 Å². The second kappa shape index (κ2) is 44.6. The lowest BCUT2D eigenvalue weighted by Crippen LogP contribution is -2.65. The summed E-state index contributed by atoms with van der Waals surface area (Å²) in [5.74, 6) is -0.239. The van der Waals surface area contributed by atoms with Crippen LogP contribution in [0.3, 0.4) is 0 Å². The van der Waals surface area contributed by atoms with Crippen LogP contribution < -0.4 is 5.32 Å². The largest absolute Gasteiger partial charge is 0.394 e. The number of hydrogen-bond acceptors (Lipinski definition) is 13. The average Bonchev–Trinajstić information content (AvgIpc) is 3.38. The summed E-state index contributed by atoms with van der Waals surface area (Å²) in [6, 6.07) is -0.913. The lowest BCUT2D eigenvalue weighted by molar-refractivity contribution is -0.359. The quantitative estimate of drug-likeness (QED) is 0.0205. The molecule has 12 unspecified atom stereocenters. The molecule has 0 aromatic rings. The van der Waals surface area contributed by atoms with Crippen molar-refractivity contribution >= 4 is 5.91 Å². The Hall–Kier alpha value is -1.53. The van der Waals surface area contributed by atoms with Crippen LogP contribution in [0.5, 0.6) is 0 Å². The van der Waals surface area contributed by atoms with Gasteiger partial charge in [-0.1, -0.05) is 218 Å². The first kappa shape index (κ1) is 66.6. The number of ether oxygens (including phenoxy) is 4. The Labute approximate surface area is 437 Å². The van der Waals surface area contributed by atoms with Crippen molar-refractivity contribution in [3.8, 4) is 0 Å². The number of carbonyl (C=O) groups is 1. The van der Waals surface area contributed by atoms with Crippen LogP contribution in [-0.2, 0) is 23.7 Å². The van der Waals surface area contributed by atoms with Crippen LogP contribution in [-0.4, -0.2) is 140 Å². The van der Waals surface area contributed by atoms with E-state index in [0.717, 1.165) is 38.5 Å². The van der Waals surface area contributed by atoms with E-state index in [9.17, 15) is 45.6 Å². The molecule has 2 aliphatic heterocycles. The molecule has 0 aromatic heterocycles. The third-order valence-corrected chi connectivity index (χ3v) is 14.6. The Balaban J connectivity index is 1.78. The normalized spacial score (nSPS) is 25.7. The lowest BCUT2D eigenvalue weighted by Gasteiger charge is -2.46. The van der Waals surface area contributed by atoms with E-state index in [4.69, 9.17) is 18.9 Å². The van der Waals surface area contributed by atoms with E-state index in [1.165, 1.54) is 180 Å². The fourth-order valence-electron chi connectivity index (χ4n) is 9.82. The summed E-state index contributed by atoms with van der Waals surface area (Å²) in [5.41, 5.74) is 0. The summed E-state index contributed by atoms with van der Waals surface area (Å²) in [6.07, 6.45) is 34.9. The summed E-state index contributed by atoms with van der Waals surface area (Å²) in [5, 5.41) is 87.1. The first-order valence-electron chi connectivity index (χ1n) is 29.6. The minimum Gasteiger partial charge on any atom is -0.394 e. The molecule has 2 fully saturated rings. The highest BCUT2D eigenvalue weighted by molar-refractivity contribution is 5.76. The number of rotatable bonds is 47. The monoisotopic (exact) mass is 1030 g/mol. The summed E-state index contributed by atoms with van der Waals surface area (Å²) >= 11 is 0. The number of unbranched alkanes of at least 4 members (excludes halogenated alkanes) is 32. The maximum atomic E-state index is 13.2. The number of aliphatic hydroxyl groups is 8. The van der Waals surface area contributed by atoms with Gasteiger partial charge in [-0.05, 0) is 44.9 Å². The van der Waals surface area contributed by atoms with Crippen molar-refractivity contribution in [3.63, 3.8) is 0 Å². The number of amides is 1. The number of allylic oxidation sites excluding steroid dienone is 3. The molecule has 2 aliphatic rings. The second-order valence-electron chi connectivity index (χ2n) is 21.1. The van der Waals surface area contributed by atoms with E-state index < -0.39 is 86.8 Å². The van der Waals surface area contributed by atoms with Crippen LogP contribution >= 0.6 is 0 Å². The molecule has 0 bridgehead atoms. The van der Waals surface area contributed by atoms with Crippen molar-refractivity contribution in [1.82, 2.24) is 5.32 Å². The van der Waals surface area contributed by atoms with Crippen LogP contribution in [0, 0.1) is 0 Å². The summed E-state index contributed by atoms with van der Waals surface area (Å²) in [6.45, 7) is 2.81. The van der Waals surface area contributed by atoms with Crippen LogP contribution in [0.15, 0.2) is 24.3 Å². The highest BCUT2D eigenvalue weighted by Gasteiger charge is 2.51. The Kier molecular flexibility index (Phi) is 41.2. The zero-order valence-electron chi connectivity index (χ0n) is 45.4. The van der Waals surface area contributed by atoms with Gasteiger partial charge in [0.25, 0.3) is 0 Å². The van der Waals surface area contributed by atoms with E-state index in [0.29, 0.717) is 6.42 Å². The zero-order valence-corrected chi connectivity index (χ0v) is 45.4. The summed E-state index contributed by atoms with van der Waals surface area (Å²) < 4.78 is 22.8. The van der Waals surface area contributed by atoms with E-state index in [2.05, 4.69) is 31.3 Å². The van der Waals surface area contributed by atoms with Gasteiger partial charge < -0.3 is 65.1 Å². The maximum Gasteiger partial charge on any atom is 0.220 e. The molecule has 14 heteroatoms. The smallest absolute Gasteiger partial charge is 0.220 e. The van der Waals surface area contributed by atoms with E-state index in [1.807, 2.05) is 6.08 Å². The van der Waals surface area contributed by atoms with Gasteiger partial charge in [0.2, 0.25) is 5.91 Å². The average molecular weight is 1030 g/mol. The van der Waals surface area contributed by atoms with Gasteiger partial charge in [0, 0.05) is 6.42 Å². The Morgan fingerprint density at radius 3 is 1.32 bits per heavy atom. The molecule has 0 aromatic carbocycles. The summed E-state index contributed by atoms with van der Waals surface area (Å²) in [7, 11) is 0. The third-order valence-electron chi connectivity index (χ3n) is 14.6. The molecule has 0 spiro atoms. The predicted molar refractivity (Wildman–Crippen MR) is 286 cm³/mol. The topological polar surface area (TPSA) is 228 Å². The first-order valence-corrected chi connectivity index (χ1v) is 29.6. The third kappa shape index (κ3) is 30.3. The highest BCUT2D eigenvalue weighted by Crippen LogP contribution is 2.30. The SMILES string of the molecule is CCCCCCCC/C=C\CCCCCCCCCCCC(=O)NC(COC1OC(CO)C(OC2OC(CO)C(O)C(O)C2O)C(O)C1O)C(O)/C=C/CCCCCCCCCCCCCCCCCCC. The van der Waals surface area contributed by atoms with Gasteiger partial charge in [0.15, 0.2) is 12.6 Å². The standard InChI is InChI=1S/C58H109NO13/c1-3-5-7-9-11-13-15-17-19-21-23-25-27-29-31-33-35-37-39-41-47(62)46(59-50(63)42-40-38-36-34-32-30-28-26-24-22-20-18-16-14-12-10-8-6-4-2)45-69-57-55(68)53(66)56(49(44-61)71-57)72-58-54(67)52(65)51(64)48(43-60)70-58/h18,20,39,41,46-49,51-58,60-62,64-68H,3-17,19,21-38,40,42-45H2,1-2H3,(H,59,63)/b20-18-,41-39+. The number of nitrogens with one attached hydrogen (secondary N) is 1. The second-order valence-corrected chi connectivity index (χ2v) is 21.1. The van der Waals surface area contributed by atoms with Gasteiger partial charge in [-0.25, -0.2) is 0 Å². The van der Waals surface area contributed by atoms with Crippen LogP contribution in [0.1, 0.15) is 245 Å². The molecule has 0 radical (unpaired) electrons. The van der Waals surface area contributed by atoms with Gasteiger partial charge in [0.05, 0.1) is 32.0 Å². The Bertz CT molecular complexity index is 1300. The van der Waals surface area contributed by atoms with Gasteiger partial charge in [0.1, 0.15) is 48.8 Å². The van der Waals surface area contributed by atoms with Crippen molar-refractivity contribution in [2.24, 2.45) is 0 Å². The van der Waals surface area contributed by atoms with E-state index in [1.54, 1.807) is 6.08 Å². The fraction of sp³-hybridized carbons (Fsp3) is 0.914. The molecule has 2 heterocycles. The minimum absolute atomic E-state index is 0.239. The molecular formula is C58H109NO13. The molecule has 2 rings (SSSR count). The first-order chi connectivity index (χ1) is 35.1. The highest BCUT2D eigenvalue weighted by atomic mass is 16.7. The predicted octanol–water partition coefficient (Wildman–Crippen LogP) is 9.67. The zero-order chi connectivity index (χ0) is 52.4. The van der Waals surface area contributed by atoms with Crippen molar-refractivity contribution in [2.45, 2.75) is 319 Å². The number of aliphatic hydroxyl groups excluding tert-OH is 8. The molecule has 1 amide bonds. The fourth-order valence-corrected chi connectivity index (χ4v) is 9.82. The van der Waals surface area contributed by atoms with Crippen LogP contribution in [0.4, 0.5) is 0 Å². The van der Waals surface area contributed by atoms with Gasteiger partial charge in [-0.3, -0.25) is 4.79 Å². The molecule has 0 aliphatic carbocycles. The molecule has 424 valence electrons. The summed E-state index contributed by atoms with van der Waals surface area (Å²) in [4.78, 5) is 13.2. The van der Waals surface area contributed by atoms with Gasteiger partial charge >= 0.3 is 0 Å². The Morgan fingerprint density at radius 1 is 0.486 bits per heavy atom. The molecule has 14 nitrogen and oxygen atoms in total. The van der Waals surface area contributed by atoms with Crippen LogP contribution in [0.25, 0.3) is 0 Å². The number of hydrogen-bond donors (Lipinski definition) is 9. The van der Waals surface area contributed by atoms with Crippen molar-refractivity contribution in [3.05, 3.63) is 24.3 Å². The van der Waals surface area contributed by atoms with Crippen LogP contribution in [0.2, 0.25) is 0 Å². The molecule has 72 heavy (non-hydrogen) atoms.